The van der Waals surface area contributed by atoms with Gasteiger partial charge in [-0.05, 0) is 62.8 Å². The molecule has 2 aromatic rings. The zero-order chi connectivity index (χ0) is 20.9. The molecule has 0 aliphatic heterocycles. The predicted octanol–water partition coefficient (Wildman–Crippen LogP) is 4.20. The Labute approximate surface area is 198 Å². The van der Waals surface area contributed by atoms with Crippen LogP contribution in [-0.2, 0) is 0 Å². The molecule has 0 unspecified atom stereocenters. The largest absolute Gasteiger partial charge is 0.459 e. The number of guanidine groups is 1. The van der Waals surface area contributed by atoms with Crippen molar-refractivity contribution >= 4 is 47.6 Å². The van der Waals surface area contributed by atoms with Crippen LogP contribution >= 0.6 is 35.7 Å². The molecular formula is C21H30FIN4O2S. The topological polar surface area (TPSA) is 78.7 Å². The van der Waals surface area contributed by atoms with E-state index in [0.717, 1.165) is 41.6 Å². The highest BCUT2D eigenvalue weighted by Gasteiger charge is 2.11. The summed E-state index contributed by atoms with van der Waals surface area (Å²) in [4.78, 5) is 17.6. The van der Waals surface area contributed by atoms with Crippen molar-refractivity contribution in [1.82, 2.24) is 16.0 Å². The number of nitrogens with zero attached hydrogens (tertiary/aromatic N) is 1. The number of hydrogen-bond acceptors (Lipinski definition) is 4. The average molecular weight is 548 g/mol. The maximum absolute atomic E-state index is 12.9. The smallest absolute Gasteiger partial charge is 0.287 e. The van der Waals surface area contributed by atoms with Gasteiger partial charge in [-0.25, -0.2) is 4.39 Å². The molecule has 9 heteroatoms. The standard InChI is InChI=1S/C21H29FN4O2S.HI/c1-3-23-21(26-13-5-15-29-18-8-6-17(22)7-9-18)25-12-4-11-24-20(27)19-16(2)10-14-28-19;/h6-10,14H,3-5,11-13,15H2,1-2H3,(H,24,27)(H2,23,25,26);1H. The summed E-state index contributed by atoms with van der Waals surface area (Å²) >= 11 is 1.70. The number of nitrogens with one attached hydrogen (secondary N) is 3. The van der Waals surface area contributed by atoms with Crippen LogP contribution < -0.4 is 16.0 Å². The van der Waals surface area contributed by atoms with E-state index in [1.807, 2.05) is 13.8 Å². The van der Waals surface area contributed by atoms with Gasteiger partial charge in [-0.15, -0.1) is 35.7 Å². The quantitative estimate of drug-likeness (QED) is 0.129. The van der Waals surface area contributed by atoms with Crippen LogP contribution in [0.5, 0.6) is 0 Å². The first kappa shape index (κ1) is 26.3. The van der Waals surface area contributed by atoms with Crippen LogP contribution in [0, 0.1) is 12.7 Å². The summed E-state index contributed by atoms with van der Waals surface area (Å²) in [7, 11) is 0. The van der Waals surface area contributed by atoms with Crippen LogP contribution in [0.1, 0.15) is 35.9 Å². The van der Waals surface area contributed by atoms with E-state index in [0.29, 0.717) is 25.4 Å². The van der Waals surface area contributed by atoms with E-state index in [2.05, 4.69) is 20.9 Å². The average Bonchev–Trinajstić information content (AvgIpc) is 3.14. The summed E-state index contributed by atoms with van der Waals surface area (Å²) in [5.74, 6) is 1.66. The Balaban J connectivity index is 0.00000450. The molecule has 2 rings (SSSR count). The van der Waals surface area contributed by atoms with Gasteiger partial charge in [0.1, 0.15) is 5.82 Å². The summed E-state index contributed by atoms with van der Waals surface area (Å²) in [6, 6.07) is 8.31. The van der Waals surface area contributed by atoms with E-state index in [1.165, 1.54) is 18.4 Å². The lowest BCUT2D eigenvalue weighted by atomic mass is 10.2. The second-order valence-electron chi connectivity index (χ2n) is 6.39. The van der Waals surface area contributed by atoms with Crippen molar-refractivity contribution in [3.63, 3.8) is 0 Å². The van der Waals surface area contributed by atoms with Crippen molar-refractivity contribution in [2.45, 2.75) is 31.6 Å². The highest BCUT2D eigenvalue weighted by molar-refractivity contribution is 14.0. The zero-order valence-corrected chi connectivity index (χ0v) is 20.5. The van der Waals surface area contributed by atoms with Crippen molar-refractivity contribution in [1.29, 1.82) is 0 Å². The number of carbonyl (C=O) groups is 1. The van der Waals surface area contributed by atoms with Gasteiger partial charge in [-0.1, -0.05) is 0 Å². The van der Waals surface area contributed by atoms with Gasteiger partial charge < -0.3 is 20.4 Å². The number of aryl methyl sites for hydroxylation is 1. The molecule has 0 aliphatic carbocycles. The fourth-order valence-corrected chi connectivity index (χ4v) is 3.34. The first-order valence-corrected chi connectivity index (χ1v) is 10.8. The van der Waals surface area contributed by atoms with Crippen LogP contribution in [0.4, 0.5) is 4.39 Å². The summed E-state index contributed by atoms with van der Waals surface area (Å²) in [5, 5.41) is 9.34. The van der Waals surface area contributed by atoms with Crippen LogP contribution in [0.25, 0.3) is 0 Å². The molecule has 1 amide bonds. The molecule has 0 radical (unpaired) electrons. The first-order chi connectivity index (χ1) is 14.1. The van der Waals surface area contributed by atoms with Crippen LogP contribution in [0.15, 0.2) is 50.9 Å². The Bertz CT molecular complexity index is 784. The SMILES string of the molecule is CCNC(=NCCCSc1ccc(F)cc1)NCCCNC(=O)c1occc1C.I. The molecule has 0 saturated heterocycles. The molecule has 30 heavy (non-hydrogen) atoms. The number of benzene rings is 1. The van der Waals surface area contributed by atoms with Crippen LogP contribution in [0.3, 0.4) is 0 Å². The van der Waals surface area contributed by atoms with Crippen LogP contribution in [0.2, 0.25) is 0 Å². The minimum Gasteiger partial charge on any atom is -0.459 e. The van der Waals surface area contributed by atoms with Gasteiger partial charge in [0.05, 0.1) is 6.26 Å². The molecule has 166 valence electrons. The Morgan fingerprint density at radius 3 is 2.50 bits per heavy atom. The highest BCUT2D eigenvalue weighted by Crippen LogP contribution is 2.18. The van der Waals surface area contributed by atoms with Gasteiger partial charge in [0.25, 0.3) is 5.91 Å². The lowest BCUT2D eigenvalue weighted by molar-refractivity contribution is 0.0925. The molecule has 3 N–H and O–H groups in total. The van der Waals surface area contributed by atoms with Gasteiger partial charge in [0.15, 0.2) is 11.7 Å². The fourth-order valence-electron chi connectivity index (χ4n) is 2.50. The first-order valence-electron chi connectivity index (χ1n) is 9.83. The number of furan rings is 1. The van der Waals surface area contributed by atoms with E-state index < -0.39 is 0 Å². The number of thioether (sulfide) groups is 1. The molecule has 1 heterocycles. The van der Waals surface area contributed by atoms with Gasteiger partial charge in [0.2, 0.25) is 0 Å². The lowest BCUT2D eigenvalue weighted by Gasteiger charge is -2.11. The Morgan fingerprint density at radius 1 is 1.10 bits per heavy atom. The third-order valence-corrected chi connectivity index (χ3v) is 5.10. The molecular weight excluding hydrogens is 518 g/mol. The van der Waals surface area contributed by atoms with Crippen molar-refractivity contribution in [3.05, 3.63) is 53.7 Å². The molecule has 0 saturated carbocycles. The Hall–Kier alpha value is -1.75. The van der Waals surface area contributed by atoms with Crippen molar-refractivity contribution in [3.8, 4) is 0 Å². The number of aliphatic imine (C=N–C) groups is 1. The van der Waals surface area contributed by atoms with Crippen molar-refractivity contribution < 1.29 is 13.6 Å². The van der Waals surface area contributed by atoms with E-state index in [1.54, 1.807) is 30.0 Å². The van der Waals surface area contributed by atoms with Gasteiger partial charge in [-0.2, -0.15) is 0 Å². The monoisotopic (exact) mass is 548 g/mol. The maximum atomic E-state index is 12.9. The van der Waals surface area contributed by atoms with E-state index >= 15 is 0 Å². The number of amides is 1. The molecule has 0 atom stereocenters. The minimum atomic E-state index is -0.212. The highest BCUT2D eigenvalue weighted by atomic mass is 127. The summed E-state index contributed by atoms with van der Waals surface area (Å²) in [5.41, 5.74) is 0.833. The maximum Gasteiger partial charge on any atom is 0.287 e. The number of hydrogen-bond donors (Lipinski definition) is 3. The fraction of sp³-hybridized carbons (Fsp3) is 0.429. The second-order valence-corrected chi connectivity index (χ2v) is 7.55. The van der Waals surface area contributed by atoms with Gasteiger partial charge in [-0.3, -0.25) is 9.79 Å². The van der Waals surface area contributed by atoms with Crippen molar-refractivity contribution in [2.24, 2.45) is 4.99 Å². The third-order valence-electron chi connectivity index (χ3n) is 4.00. The summed E-state index contributed by atoms with van der Waals surface area (Å²) in [6.07, 6.45) is 3.22. The molecule has 1 aromatic carbocycles. The van der Waals surface area contributed by atoms with Gasteiger partial charge >= 0.3 is 0 Å². The zero-order valence-electron chi connectivity index (χ0n) is 17.4. The van der Waals surface area contributed by atoms with E-state index in [9.17, 15) is 9.18 Å². The van der Waals surface area contributed by atoms with Crippen molar-refractivity contribution in [2.75, 3.05) is 31.9 Å². The second kappa shape index (κ2) is 15.1. The summed E-state index contributed by atoms with van der Waals surface area (Å²) in [6.45, 7) is 6.61. The summed E-state index contributed by atoms with van der Waals surface area (Å²) < 4.78 is 18.1. The molecule has 0 bridgehead atoms. The lowest BCUT2D eigenvalue weighted by Crippen LogP contribution is -2.39. The number of rotatable bonds is 11. The number of carbonyl (C=O) groups excluding carboxylic acids is 1. The minimum absolute atomic E-state index is 0. The van der Waals surface area contributed by atoms with Crippen LogP contribution in [-0.4, -0.2) is 43.8 Å². The predicted molar refractivity (Wildman–Crippen MR) is 132 cm³/mol. The Morgan fingerprint density at radius 2 is 1.83 bits per heavy atom. The Kier molecular flexibility index (Phi) is 13.2. The molecule has 0 aliphatic rings. The van der Waals surface area contributed by atoms with E-state index in [-0.39, 0.29) is 35.7 Å². The molecule has 1 aromatic heterocycles. The molecule has 6 nitrogen and oxygen atoms in total. The number of halogens is 2. The van der Waals surface area contributed by atoms with Gasteiger partial charge in [0, 0.05) is 36.6 Å². The molecule has 0 spiro atoms. The molecule has 0 fully saturated rings. The van der Waals surface area contributed by atoms with E-state index in [4.69, 9.17) is 4.42 Å². The third kappa shape index (κ3) is 9.84. The normalized spacial score (nSPS) is 11.0.